The summed E-state index contributed by atoms with van der Waals surface area (Å²) in [5.74, 6) is 0.154. The maximum Gasteiger partial charge on any atom is 0.377 e. The van der Waals surface area contributed by atoms with Gasteiger partial charge in [-0.1, -0.05) is 11.6 Å². The first-order valence-electron chi connectivity index (χ1n) is 10.6. The Hall–Kier alpha value is -2.72. The van der Waals surface area contributed by atoms with Gasteiger partial charge in [0.25, 0.3) is 0 Å². The van der Waals surface area contributed by atoms with Gasteiger partial charge in [0.1, 0.15) is 0 Å². The molecule has 1 aromatic carbocycles. The SMILES string of the molecule is CC(C(=O)N1CCCCC1)N1CCN(C(=O)n2nnn(-c3ccc(Cl)cc3)c2=O)CC1. The van der Waals surface area contributed by atoms with E-state index in [-0.39, 0.29) is 11.9 Å². The van der Waals surface area contributed by atoms with Gasteiger partial charge in [-0.2, -0.15) is 4.68 Å². The number of hydrogen-bond acceptors (Lipinski definition) is 6. The molecule has 4 rings (SSSR count). The number of piperidine rings is 1. The number of piperazine rings is 1. The van der Waals surface area contributed by atoms with Crippen molar-refractivity contribution in [2.75, 3.05) is 39.3 Å². The molecule has 2 aliphatic rings. The summed E-state index contributed by atoms with van der Waals surface area (Å²) in [4.78, 5) is 43.8. The van der Waals surface area contributed by atoms with Gasteiger partial charge >= 0.3 is 11.7 Å². The van der Waals surface area contributed by atoms with Crippen LogP contribution in [0.25, 0.3) is 5.69 Å². The number of carbonyl (C=O) groups is 2. The third kappa shape index (κ3) is 4.49. The van der Waals surface area contributed by atoms with Crippen LogP contribution in [-0.4, -0.2) is 91.7 Å². The topological polar surface area (TPSA) is 96.6 Å². The summed E-state index contributed by atoms with van der Waals surface area (Å²) in [6, 6.07) is 5.80. The molecule has 2 saturated heterocycles. The Morgan fingerprint density at radius 3 is 2.19 bits per heavy atom. The predicted octanol–water partition coefficient (Wildman–Crippen LogP) is 1.07. The molecular formula is C20H26ClN7O3. The zero-order chi connectivity index (χ0) is 22.0. The fourth-order valence-corrected chi connectivity index (χ4v) is 4.21. The third-order valence-corrected chi connectivity index (χ3v) is 6.24. The zero-order valence-electron chi connectivity index (χ0n) is 17.5. The van der Waals surface area contributed by atoms with Crippen molar-refractivity contribution in [3.05, 3.63) is 39.8 Å². The van der Waals surface area contributed by atoms with Gasteiger partial charge in [-0.05, 0) is 60.9 Å². The highest BCUT2D eigenvalue weighted by molar-refractivity contribution is 6.30. The number of benzene rings is 1. The van der Waals surface area contributed by atoms with Crippen molar-refractivity contribution in [1.82, 2.24) is 34.5 Å². The first-order chi connectivity index (χ1) is 15.0. The summed E-state index contributed by atoms with van der Waals surface area (Å²) in [5, 5.41) is 8.10. The van der Waals surface area contributed by atoms with Gasteiger partial charge in [-0.3, -0.25) is 9.69 Å². The van der Waals surface area contributed by atoms with Gasteiger partial charge in [0.15, 0.2) is 0 Å². The smallest absolute Gasteiger partial charge is 0.341 e. The summed E-state index contributed by atoms with van der Waals surface area (Å²) >= 11 is 5.88. The van der Waals surface area contributed by atoms with Crippen LogP contribution in [0.1, 0.15) is 26.2 Å². The summed E-state index contributed by atoms with van der Waals surface area (Å²) in [6.07, 6.45) is 3.30. The number of hydrogen-bond donors (Lipinski definition) is 0. The van der Waals surface area contributed by atoms with Crippen LogP contribution in [-0.2, 0) is 4.79 Å². The van der Waals surface area contributed by atoms with Gasteiger partial charge in [-0.25, -0.2) is 9.59 Å². The molecule has 3 heterocycles. The molecule has 2 aromatic rings. The fraction of sp³-hybridized carbons (Fsp3) is 0.550. The van der Waals surface area contributed by atoms with E-state index in [4.69, 9.17) is 11.6 Å². The van der Waals surface area contributed by atoms with Gasteiger partial charge in [0.05, 0.1) is 11.7 Å². The fourth-order valence-electron chi connectivity index (χ4n) is 4.08. The number of amides is 2. The molecule has 2 fully saturated rings. The summed E-state index contributed by atoms with van der Waals surface area (Å²) in [5.41, 5.74) is -0.160. The normalized spacial score (nSPS) is 18.8. The number of rotatable bonds is 3. The van der Waals surface area contributed by atoms with Crippen LogP contribution in [0.3, 0.4) is 0 Å². The molecule has 0 saturated carbocycles. The molecule has 0 aliphatic carbocycles. The summed E-state index contributed by atoms with van der Waals surface area (Å²) in [7, 11) is 0. The minimum absolute atomic E-state index is 0.154. The molecule has 2 aliphatic heterocycles. The molecular weight excluding hydrogens is 422 g/mol. The number of halogens is 1. The van der Waals surface area contributed by atoms with Gasteiger partial charge in [-0.15, -0.1) is 4.68 Å². The molecule has 0 N–H and O–H groups in total. The van der Waals surface area contributed by atoms with Crippen LogP contribution in [0.5, 0.6) is 0 Å². The molecule has 1 aromatic heterocycles. The highest BCUT2D eigenvalue weighted by Crippen LogP contribution is 2.15. The van der Waals surface area contributed by atoms with Crippen LogP contribution in [0.2, 0.25) is 5.02 Å². The monoisotopic (exact) mass is 447 g/mol. The largest absolute Gasteiger partial charge is 0.377 e. The molecule has 11 heteroatoms. The molecule has 1 unspecified atom stereocenters. The number of aromatic nitrogens is 4. The number of likely N-dealkylation sites (tertiary alicyclic amines) is 1. The highest BCUT2D eigenvalue weighted by atomic mass is 35.5. The van der Waals surface area contributed by atoms with Crippen molar-refractivity contribution < 1.29 is 9.59 Å². The van der Waals surface area contributed by atoms with E-state index in [1.54, 1.807) is 29.2 Å². The first-order valence-corrected chi connectivity index (χ1v) is 11.0. The van der Waals surface area contributed by atoms with E-state index >= 15 is 0 Å². The molecule has 166 valence electrons. The Morgan fingerprint density at radius 1 is 0.903 bits per heavy atom. The number of carbonyl (C=O) groups excluding carboxylic acids is 2. The first kappa shape index (κ1) is 21.5. The highest BCUT2D eigenvalue weighted by Gasteiger charge is 2.31. The van der Waals surface area contributed by atoms with Gasteiger partial charge in [0, 0.05) is 44.3 Å². The van der Waals surface area contributed by atoms with Crippen molar-refractivity contribution in [1.29, 1.82) is 0 Å². The summed E-state index contributed by atoms with van der Waals surface area (Å²) in [6.45, 7) is 5.53. The Bertz CT molecular complexity index is 989. The van der Waals surface area contributed by atoms with Crippen LogP contribution < -0.4 is 5.69 Å². The lowest BCUT2D eigenvalue weighted by Gasteiger charge is -2.39. The lowest BCUT2D eigenvalue weighted by molar-refractivity contribution is -0.137. The maximum absolute atomic E-state index is 12.8. The quantitative estimate of drug-likeness (QED) is 0.653. The average molecular weight is 448 g/mol. The van der Waals surface area contributed by atoms with Gasteiger partial charge in [0.2, 0.25) is 5.91 Å². The average Bonchev–Trinajstić information content (AvgIpc) is 3.20. The molecule has 2 amide bonds. The predicted molar refractivity (Wildman–Crippen MR) is 114 cm³/mol. The van der Waals surface area contributed by atoms with Crippen molar-refractivity contribution in [2.45, 2.75) is 32.2 Å². The van der Waals surface area contributed by atoms with Crippen molar-refractivity contribution in [3.8, 4) is 5.69 Å². The minimum atomic E-state index is -0.636. The second-order valence-electron chi connectivity index (χ2n) is 7.93. The molecule has 0 radical (unpaired) electrons. The van der Waals surface area contributed by atoms with E-state index in [1.807, 2.05) is 11.8 Å². The van der Waals surface area contributed by atoms with Crippen molar-refractivity contribution in [2.24, 2.45) is 0 Å². The standard InChI is InChI=1S/C20H26ClN7O3/c1-15(18(29)25-9-3-2-4-10-25)24-11-13-26(14-12-24)19(30)28-20(31)27(22-23-28)17-7-5-16(21)6-8-17/h5-8,15H,2-4,9-14H2,1H3. The van der Waals surface area contributed by atoms with Gasteiger partial charge < -0.3 is 9.80 Å². The Balaban J connectivity index is 1.38. The van der Waals surface area contributed by atoms with E-state index in [9.17, 15) is 14.4 Å². The van der Waals surface area contributed by atoms with Crippen molar-refractivity contribution >= 4 is 23.5 Å². The zero-order valence-corrected chi connectivity index (χ0v) is 18.2. The van der Waals surface area contributed by atoms with Crippen molar-refractivity contribution in [3.63, 3.8) is 0 Å². The Morgan fingerprint density at radius 2 is 1.55 bits per heavy atom. The van der Waals surface area contributed by atoms with Crippen LogP contribution in [0, 0.1) is 0 Å². The van der Waals surface area contributed by atoms with Crippen LogP contribution >= 0.6 is 11.6 Å². The minimum Gasteiger partial charge on any atom is -0.341 e. The van der Waals surface area contributed by atoms with E-state index in [1.165, 1.54) is 6.42 Å². The Kier molecular flexibility index (Phi) is 6.38. The maximum atomic E-state index is 12.8. The molecule has 0 spiro atoms. The second kappa shape index (κ2) is 9.19. The molecule has 31 heavy (non-hydrogen) atoms. The number of nitrogens with zero attached hydrogens (tertiary/aromatic N) is 7. The van der Waals surface area contributed by atoms with E-state index in [0.717, 1.165) is 35.3 Å². The van der Waals surface area contributed by atoms with Crippen LogP contribution in [0.4, 0.5) is 4.79 Å². The van der Waals surface area contributed by atoms with Crippen LogP contribution in [0.15, 0.2) is 29.1 Å². The molecule has 0 bridgehead atoms. The third-order valence-electron chi connectivity index (χ3n) is 5.99. The second-order valence-corrected chi connectivity index (χ2v) is 8.37. The summed E-state index contributed by atoms with van der Waals surface area (Å²) < 4.78 is 1.83. The molecule has 1 atom stereocenters. The lowest BCUT2D eigenvalue weighted by atomic mass is 10.1. The Labute approximate surface area is 184 Å². The van der Waals surface area contributed by atoms with E-state index in [0.29, 0.717) is 36.9 Å². The molecule has 10 nitrogen and oxygen atoms in total. The number of tetrazole rings is 1. The van der Waals surface area contributed by atoms with E-state index in [2.05, 4.69) is 15.3 Å². The van der Waals surface area contributed by atoms with E-state index < -0.39 is 11.7 Å². The lowest BCUT2D eigenvalue weighted by Crippen LogP contribution is -2.57.